The molecule has 1 aliphatic rings. The zero-order valence-corrected chi connectivity index (χ0v) is 13.5. The van der Waals surface area contributed by atoms with Gasteiger partial charge in [0.05, 0.1) is 25.8 Å². The summed E-state index contributed by atoms with van der Waals surface area (Å²) >= 11 is 0. The second-order valence-electron chi connectivity index (χ2n) is 5.23. The van der Waals surface area contributed by atoms with Gasteiger partial charge in [0.1, 0.15) is 18.8 Å². The van der Waals surface area contributed by atoms with Crippen molar-refractivity contribution in [1.82, 2.24) is 4.98 Å². The molecule has 1 aliphatic heterocycles. The summed E-state index contributed by atoms with van der Waals surface area (Å²) in [5.74, 6) is -1.54. The molecule has 140 valence electrons. The van der Waals surface area contributed by atoms with Crippen LogP contribution in [0.15, 0.2) is 17.3 Å². The summed E-state index contributed by atoms with van der Waals surface area (Å²) in [5, 5.41) is 21.3. The van der Waals surface area contributed by atoms with Gasteiger partial charge in [0, 0.05) is 19.4 Å². The monoisotopic (exact) mass is 355 g/mol. The number of hydrogen-bond donors (Lipinski definition) is 1. The Kier molecular flexibility index (Phi) is 7.59. The van der Waals surface area contributed by atoms with Crippen molar-refractivity contribution >= 4 is 11.9 Å². The number of hydrogen-bond acceptors (Lipinski definition) is 9. The maximum atomic E-state index is 11.1. The Bertz CT molecular complexity index is 621. The van der Waals surface area contributed by atoms with Crippen LogP contribution < -0.4 is 9.84 Å². The van der Waals surface area contributed by atoms with Crippen LogP contribution in [-0.2, 0) is 19.0 Å². The molecule has 1 atom stereocenters. The van der Waals surface area contributed by atoms with Crippen molar-refractivity contribution in [3.8, 4) is 11.5 Å². The first-order valence-corrected chi connectivity index (χ1v) is 7.30. The van der Waals surface area contributed by atoms with Gasteiger partial charge in [-0.05, 0) is 6.92 Å². The molecule has 9 nitrogen and oxygen atoms in total. The molecule has 0 radical (unpaired) electrons. The van der Waals surface area contributed by atoms with Crippen molar-refractivity contribution < 1.29 is 34.0 Å². The lowest BCUT2D eigenvalue weighted by atomic mass is 10.1. The predicted octanol–water partition coefficient (Wildman–Crippen LogP) is -0.249. The Hall–Kier alpha value is -2.39. The predicted molar refractivity (Wildman–Crippen MR) is 86.7 cm³/mol. The number of ether oxygens (including phenoxy) is 4. The number of aromatic hydroxyl groups is 1. The third-order valence-corrected chi connectivity index (χ3v) is 3.28. The summed E-state index contributed by atoms with van der Waals surface area (Å²) in [6, 6.07) is 1.47. The number of carbonyl (C=O) groups is 1. The normalized spacial score (nSPS) is 18.9. The molecular weight excluding hydrogens is 332 g/mol. The van der Waals surface area contributed by atoms with Crippen LogP contribution in [0, 0.1) is 0 Å². The number of aliphatic imine (C=N–C) groups is 1. The Morgan fingerprint density at radius 1 is 1.40 bits per heavy atom. The van der Waals surface area contributed by atoms with Crippen molar-refractivity contribution in [3.05, 3.63) is 18.0 Å². The first-order chi connectivity index (χ1) is 11.5. The van der Waals surface area contributed by atoms with Crippen LogP contribution in [0.5, 0.6) is 11.5 Å². The van der Waals surface area contributed by atoms with Crippen LogP contribution >= 0.6 is 0 Å². The number of nitrogens with zero attached hydrogens (tertiary/aromatic N) is 2. The smallest absolute Gasteiger partial charge is 0.240 e. The van der Waals surface area contributed by atoms with E-state index >= 15 is 0 Å². The number of methoxy groups -OCH3 is 1. The lowest BCUT2D eigenvalue weighted by Gasteiger charge is -2.18. The van der Waals surface area contributed by atoms with E-state index in [1.165, 1.54) is 19.2 Å². The lowest BCUT2D eigenvalue weighted by Crippen LogP contribution is -2.45. The highest BCUT2D eigenvalue weighted by Crippen LogP contribution is 2.31. The molecule has 0 saturated heterocycles. The first-order valence-electron chi connectivity index (χ1n) is 7.30. The number of pyridine rings is 1. The molecule has 9 heteroatoms. The van der Waals surface area contributed by atoms with Gasteiger partial charge in [-0.25, -0.2) is 9.98 Å². The minimum absolute atomic E-state index is 0. The SMILES string of the molecule is C.COCCOCCOc1ccnc(C2=N[C@@](C)(C(=O)[O-])CO2)c1O. The number of carboxylic acid groups (broad SMARTS) is 1. The highest BCUT2D eigenvalue weighted by Gasteiger charge is 2.35. The van der Waals surface area contributed by atoms with Gasteiger partial charge < -0.3 is 34.0 Å². The summed E-state index contributed by atoms with van der Waals surface area (Å²) in [4.78, 5) is 19.0. The van der Waals surface area contributed by atoms with Gasteiger partial charge in [0.2, 0.25) is 5.90 Å². The third kappa shape index (κ3) is 5.04. The molecular formula is C16H23N2O7-. The van der Waals surface area contributed by atoms with Crippen molar-refractivity contribution in [2.45, 2.75) is 19.9 Å². The van der Waals surface area contributed by atoms with E-state index in [1.54, 1.807) is 7.11 Å². The summed E-state index contributed by atoms with van der Waals surface area (Å²) in [7, 11) is 1.58. The molecule has 0 aromatic carbocycles. The van der Waals surface area contributed by atoms with Crippen molar-refractivity contribution in [1.29, 1.82) is 0 Å². The van der Waals surface area contributed by atoms with Crippen LogP contribution in [0.3, 0.4) is 0 Å². The van der Waals surface area contributed by atoms with E-state index in [4.69, 9.17) is 18.9 Å². The maximum absolute atomic E-state index is 11.1. The summed E-state index contributed by atoms with van der Waals surface area (Å²) in [6.45, 7) is 2.64. The minimum Gasteiger partial charge on any atom is -0.547 e. The highest BCUT2D eigenvalue weighted by atomic mass is 16.5. The van der Waals surface area contributed by atoms with Gasteiger partial charge in [-0.15, -0.1) is 0 Å². The fourth-order valence-electron chi connectivity index (χ4n) is 1.89. The first kappa shape index (κ1) is 20.7. The van der Waals surface area contributed by atoms with Crippen molar-refractivity contribution in [2.24, 2.45) is 4.99 Å². The van der Waals surface area contributed by atoms with Crippen LogP contribution in [0.2, 0.25) is 0 Å². The van der Waals surface area contributed by atoms with Gasteiger partial charge in [-0.1, -0.05) is 7.43 Å². The molecule has 0 aliphatic carbocycles. The Morgan fingerprint density at radius 3 is 2.76 bits per heavy atom. The molecule has 1 N–H and O–H groups in total. The Balaban J connectivity index is 0.00000312. The fraction of sp³-hybridized carbons (Fsp3) is 0.562. The van der Waals surface area contributed by atoms with Gasteiger partial charge in [0.25, 0.3) is 0 Å². The van der Waals surface area contributed by atoms with Crippen molar-refractivity contribution in [2.75, 3.05) is 40.1 Å². The quantitative estimate of drug-likeness (QED) is 0.602. The molecule has 0 fully saturated rings. The Morgan fingerprint density at radius 2 is 2.12 bits per heavy atom. The maximum Gasteiger partial charge on any atom is 0.240 e. The summed E-state index contributed by atoms with van der Waals surface area (Å²) in [6.07, 6.45) is 1.40. The number of aromatic nitrogens is 1. The molecule has 0 saturated carbocycles. The lowest BCUT2D eigenvalue weighted by molar-refractivity contribution is -0.312. The van der Waals surface area contributed by atoms with Crippen LogP contribution in [0.25, 0.3) is 0 Å². The van der Waals surface area contributed by atoms with E-state index in [0.717, 1.165) is 0 Å². The zero-order valence-electron chi connectivity index (χ0n) is 13.5. The number of carboxylic acids is 1. The summed E-state index contributed by atoms with van der Waals surface area (Å²) in [5.41, 5.74) is -1.49. The summed E-state index contributed by atoms with van der Waals surface area (Å²) < 4.78 is 20.8. The van der Waals surface area contributed by atoms with Gasteiger partial charge in [0.15, 0.2) is 17.2 Å². The topological polar surface area (TPSA) is 123 Å². The molecule has 1 aromatic rings. The standard InChI is InChI=1S/C15H20N2O7.CH4/c1-15(14(19)20)9-24-13(17-15)11-12(18)10(3-4-16-11)23-8-7-22-6-5-21-2;/h3-4,18H,5-9H2,1-2H3,(H,19,20);1H4/p-1/t15-;/m1./s1. The Labute approximate surface area is 146 Å². The molecule has 0 spiro atoms. The van der Waals surface area contributed by atoms with E-state index in [0.29, 0.717) is 19.8 Å². The number of rotatable bonds is 9. The van der Waals surface area contributed by atoms with E-state index in [9.17, 15) is 15.0 Å². The fourth-order valence-corrected chi connectivity index (χ4v) is 1.89. The van der Waals surface area contributed by atoms with Crippen molar-refractivity contribution in [3.63, 3.8) is 0 Å². The molecule has 0 bridgehead atoms. The third-order valence-electron chi connectivity index (χ3n) is 3.28. The molecule has 1 aromatic heterocycles. The molecule has 2 heterocycles. The molecule has 0 amide bonds. The molecule has 25 heavy (non-hydrogen) atoms. The second kappa shape index (κ2) is 9.19. The minimum atomic E-state index is -1.50. The van der Waals surface area contributed by atoms with E-state index in [2.05, 4.69) is 9.98 Å². The largest absolute Gasteiger partial charge is 0.547 e. The number of carbonyl (C=O) groups excluding carboxylic acids is 1. The number of aliphatic carboxylic acids is 1. The van der Waals surface area contributed by atoms with Crippen LogP contribution in [0.1, 0.15) is 20.0 Å². The van der Waals surface area contributed by atoms with Gasteiger partial charge >= 0.3 is 0 Å². The van der Waals surface area contributed by atoms with Gasteiger partial charge in [-0.3, -0.25) is 0 Å². The van der Waals surface area contributed by atoms with E-state index in [-0.39, 0.29) is 43.7 Å². The van der Waals surface area contributed by atoms with Crippen LogP contribution in [0.4, 0.5) is 0 Å². The van der Waals surface area contributed by atoms with E-state index < -0.39 is 11.5 Å². The average Bonchev–Trinajstić information content (AvgIpc) is 2.96. The highest BCUT2D eigenvalue weighted by molar-refractivity contribution is 5.99. The molecule has 0 unspecified atom stereocenters. The van der Waals surface area contributed by atoms with Crippen LogP contribution in [-0.4, -0.2) is 67.6 Å². The molecule has 2 rings (SSSR count). The zero-order chi connectivity index (χ0) is 17.6. The van der Waals surface area contributed by atoms with Gasteiger partial charge in [-0.2, -0.15) is 0 Å². The average molecular weight is 355 g/mol. The second-order valence-corrected chi connectivity index (χ2v) is 5.23. The van der Waals surface area contributed by atoms with E-state index in [1.807, 2.05) is 0 Å².